The van der Waals surface area contributed by atoms with Crippen LogP contribution in [-0.4, -0.2) is 7.11 Å². The molecular weight excluding hydrogens is 296 g/mol. The SMILES string of the molecule is CCc1cccc(CC)c1N=Nc1ccc(OC)c2ccccc12. The Kier molecular flexibility index (Phi) is 4.90. The van der Waals surface area contributed by atoms with Crippen molar-refractivity contribution in [3.8, 4) is 5.75 Å². The van der Waals surface area contributed by atoms with Gasteiger partial charge in [0.05, 0.1) is 18.5 Å². The summed E-state index contributed by atoms with van der Waals surface area (Å²) in [6, 6.07) is 18.4. The van der Waals surface area contributed by atoms with Gasteiger partial charge in [-0.3, -0.25) is 0 Å². The summed E-state index contributed by atoms with van der Waals surface area (Å²) in [6.45, 7) is 4.30. The van der Waals surface area contributed by atoms with E-state index < -0.39 is 0 Å². The average molecular weight is 318 g/mol. The number of ether oxygens (including phenoxy) is 1. The van der Waals surface area contributed by atoms with Crippen molar-refractivity contribution >= 4 is 22.1 Å². The van der Waals surface area contributed by atoms with Crippen molar-refractivity contribution in [2.24, 2.45) is 10.2 Å². The Morgan fingerprint density at radius 2 is 1.42 bits per heavy atom. The zero-order chi connectivity index (χ0) is 16.9. The molecule has 0 fully saturated rings. The Morgan fingerprint density at radius 3 is 2.04 bits per heavy atom. The van der Waals surface area contributed by atoms with E-state index in [0.717, 1.165) is 40.7 Å². The molecule has 0 heterocycles. The number of hydrogen-bond acceptors (Lipinski definition) is 3. The van der Waals surface area contributed by atoms with Gasteiger partial charge in [-0.15, -0.1) is 10.2 Å². The Hall–Kier alpha value is -2.68. The third kappa shape index (κ3) is 3.02. The standard InChI is InChI=1S/C21H22N2O/c1-4-15-9-8-10-16(5-2)21(15)23-22-19-13-14-20(24-3)18-12-7-6-11-17(18)19/h6-14H,4-5H2,1-3H3. The summed E-state index contributed by atoms with van der Waals surface area (Å²) in [6.07, 6.45) is 1.90. The fourth-order valence-corrected chi connectivity index (χ4v) is 2.97. The molecule has 3 aromatic carbocycles. The molecule has 122 valence electrons. The van der Waals surface area contributed by atoms with Crippen LogP contribution in [0.15, 0.2) is 64.8 Å². The van der Waals surface area contributed by atoms with Crippen LogP contribution in [0.5, 0.6) is 5.75 Å². The van der Waals surface area contributed by atoms with Crippen LogP contribution in [0.3, 0.4) is 0 Å². The summed E-state index contributed by atoms with van der Waals surface area (Å²) in [4.78, 5) is 0. The first-order valence-electron chi connectivity index (χ1n) is 8.36. The van der Waals surface area contributed by atoms with Gasteiger partial charge >= 0.3 is 0 Å². The maximum Gasteiger partial charge on any atom is 0.126 e. The van der Waals surface area contributed by atoms with Gasteiger partial charge in [0, 0.05) is 10.8 Å². The van der Waals surface area contributed by atoms with E-state index in [4.69, 9.17) is 4.74 Å². The van der Waals surface area contributed by atoms with Gasteiger partial charge in [-0.1, -0.05) is 56.3 Å². The minimum absolute atomic E-state index is 0.854. The van der Waals surface area contributed by atoms with Crippen molar-refractivity contribution in [3.63, 3.8) is 0 Å². The number of nitrogens with zero attached hydrogens (tertiary/aromatic N) is 2. The highest BCUT2D eigenvalue weighted by molar-refractivity contribution is 5.96. The number of hydrogen-bond donors (Lipinski definition) is 0. The van der Waals surface area contributed by atoms with Crippen LogP contribution < -0.4 is 4.74 Å². The van der Waals surface area contributed by atoms with Crippen molar-refractivity contribution in [2.45, 2.75) is 26.7 Å². The van der Waals surface area contributed by atoms with Crippen molar-refractivity contribution in [3.05, 3.63) is 65.7 Å². The van der Waals surface area contributed by atoms with Crippen LogP contribution >= 0.6 is 0 Å². The van der Waals surface area contributed by atoms with Gasteiger partial charge in [-0.2, -0.15) is 0 Å². The molecule has 0 bridgehead atoms. The van der Waals surface area contributed by atoms with E-state index in [1.54, 1.807) is 7.11 Å². The van der Waals surface area contributed by atoms with Gasteiger partial charge in [0.1, 0.15) is 5.75 Å². The molecule has 0 unspecified atom stereocenters. The van der Waals surface area contributed by atoms with E-state index in [1.165, 1.54) is 11.1 Å². The lowest BCUT2D eigenvalue weighted by Gasteiger charge is -2.09. The second-order valence-electron chi connectivity index (χ2n) is 5.66. The molecule has 3 heteroatoms. The molecule has 24 heavy (non-hydrogen) atoms. The fourth-order valence-electron chi connectivity index (χ4n) is 2.97. The number of fused-ring (bicyclic) bond motifs is 1. The maximum atomic E-state index is 5.45. The minimum Gasteiger partial charge on any atom is -0.496 e. The van der Waals surface area contributed by atoms with Crippen LogP contribution in [0.1, 0.15) is 25.0 Å². The fraction of sp³-hybridized carbons (Fsp3) is 0.238. The van der Waals surface area contributed by atoms with Gasteiger partial charge in [0.2, 0.25) is 0 Å². The Balaban J connectivity index is 2.10. The largest absolute Gasteiger partial charge is 0.496 e. The molecule has 0 aliphatic heterocycles. The molecular formula is C21H22N2O. The molecule has 0 aliphatic rings. The van der Waals surface area contributed by atoms with E-state index in [1.807, 2.05) is 30.3 Å². The molecule has 0 amide bonds. The van der Waals surface area contributed by atoms with Crippen molar-refractivity contribution in [1.82, 2.24) is 0 Å². The predicted molar refractivity (Wildman–Crippen MR) is 99.9 cm³/mol. The van der Waals surface area contributed by atoms with Gasteiger partial charge in [0.15, 0.2) is 0 Å². The zero-order valence-electron chi connectivity index (χ0n) is 14.4. The number of aryl methyl sites for hydroxylation is 2. The zero-order valence-corrected chi connectivity index (χ0v) is 14.4. The smallest absolute Gasteiger partial charge is 0.126 e. The van der Waals surface area contributed by atoms with Gasteiger partial charge in [0.25, 0.3) is 0 Å². The quantitative estimate of drug-likeness (QED) is 0.502. The summed E-state index contributed by atoms with van der Waals surface area (Å²) in [5.41, 5.74) is 4.33. The lowest BCUT2D eigenvalue weighted by Crippen LogP contribution is -1.88. The molecule has 0 aliphatic carbocycles. The lowest BCUT2D eigenvalue weighted by molar-refractivity contribution is 0.420. The second kappa shape index (κ2) is 7.26. The molecule has 3 rings (SSSR count). The summed E-state index contributed by atoms with van der Waals surface area (Å²) >= 11 is 0. The number of methoxy groups -OCH3 is 1. The molecule has 0 saturated heterocycles. The first-order valence-corrected chi connectivity index (χ1v) is 8.36. The minimum atomic E-state index is 0.854. The summed E-state index contributed by atoms with van der Waals surface area (Å²) in [5, 5.41) is 11.3. The van der Waals surface area contributed by atoms with Crippen molar-refractivity contribution in [1.29, 1.82) is 0 Å². The molecule has 3 aromatic rings. The molecule has 0 atom stereocenters. The van der Waals surface area contributed by atoms with Crippen molar-refractivity contribution in [2.75, 3.05) is 7.11 Å². The first-order chi connectivity index (χ1) is 11.8. The Morgan fingerprint density at radius 1 is 0.750 bits per heavy atom. The van der Waals surface area contributed by atoms with Gasteiger partial charge < -0.3 is 4.74 Å². The number of benzene rings is 3. The molecule has 0 aromatic heterocycles. The van der Waals surface area contributed by atoms with E-state index in [0.29, 0.717) is 0 Å². The lowest BCUT2D eigenvalue weighted by atomic mass is 10.0. The second-order valence-corrected chi connectivity index (χ2v) is 5.66. The number of azo groups is 1. The normalized spacial score (nSPS) is 11.3. The van der Waals surface area contributed by atoms with E-state index in [2.05, 4.69) is 48.3 Å². The van der Waals surface area contributed by atoms with Gasteiger partial charge in [-0.25, -0.2) is 0 Å². The predicted octanol–water partition coefficient (Wildman–Crippen LogP) is 6.39. The maximum absolute atomic E-state index is 5.45. The molecule has 0 saturated carbocycles. The van der Waals surface area contributed by atoms with Gasteiger partial charge in [-0.05, 0) is 36.1 Å². The van der Waals surface area contributed by atoms with Crippen molar-refractivity contribution < 1.29 is 4.74 Å². The average Bonchev–Trinajstić information content (AvgIpc) is 2.65. The summed E-state index contributed by atoms with van der Waals surface area (Å²) < 4.78 is 5.45. The third-order valence-corrected chi connectivity index (χ3v) is 4.30. The monoisotopic (exact) mass is 318 g/mol. The van der Waals surface area contributed by atoms with Crippen LogP contribution in [0.4, 0.5) is 11.4 Å². The van der Waals surface area contributed by atoms with Crippen LogP contribution in [0.25, 0.3) is 10.8 Å². The van der Waals surface area contributed by atoms with Crippen LogP contribution in [0, 0.1) is 0 Å². The topological polar surface area (TPSA) is 34.0 Å². The highest BCUT2D eigenvalue weighted by Crippen LogP contribution is 2.35. The third-order valence-electron chi connectivity index (χ3n) is 4.30. The molecule has 0 spiro atoms. The van der Waals surface area contributed by atoms with E-state index >= 15 is 0 Å². The molecule has 0 radical (unpaired) electrons. The molecule has 0 N–H and O–H groups in total. The highest BCUT2D eigenvalue weighted by Gasteiger charge is 2.08. The van der Waals surface area contributed by atoms with E-state index in [-0.39, 0.29) is 0 Å². The summed E-state index contributed by atoms with van der Waals surface area (Å²) in [5.74, 6) is 0.854. The Labute approximate surface area is 143 Å². The Bertz CT molecular complexity index is 862. The van der Waals surface area contributed by atoms with Crippen LogP contribution in [-0.2, 0) is 12.8 Å². The highest BCUT2D eigenvalue weighted by atomic mass is 16.5. The van der Waals surface area contributed by atoms with Crippen LogP contribution in [0.2, 0.25) is 0 Å². The summed E-state index contributed by atoms with van der Waals surface area (Å²) in [7, 11) is 1.69. The first kappa shape index (κ1) is 16.2. The van der Waals surface area contributed by atoms with E-state index in [9.17, 15) is 0 Å². The molecule has 3 nitrogen and oxygen atoms in total. The number of rotatable bonds is 5.